The summed E-state index contributed by atoms with van der Waals surface area (Å²) < 4.78 is 0. The number of hydrogen-bond acceptors (Lipinski definition) is 3. The molecule has 0 unspecified atom stereocenters. The number of rotatable bonds is 5. The van der Waals surface area contributed by atoms with Gasteiger partial charge in [-0.1, -0.05) is 60.7 Å². The second-order valence-electron chi connectivity index (χ2n) is 9.78. The third-order valence-corrected chi connectivity index (χ3v) is 7.84. The number of nitrogens with zero attached hydrogens (tertiary/aromatic N) is 1. The van der Waals surface area contributed by atoms with Crippen LogP contribution in [0, 0.1) is 23.2 Å². The summed E-state index contributed by atoms with van der Waals surface area (Å²) in [6.07, 6.45) is 7.73. The first-order chi connectivity index (χ1) is 14.5. The van der Waals surface area contributed by atoms with Crippen LogP contribution in [0.2, 0.25) is 0 Å². The van der Waals surface area contributed by atoms with E-state index in [2.05, 4.69) is 17.5 Å². The first-order valence-electron chi connectivity index (χ1n) is 11.2. The number of carbonyl (C=O) groups excluding carboxylic acids is 1. The number of carbonyl (C=O) groups is 1. The number of benzene rings is 2. The Bertz CT molecular complexity index is 877. The zero-order valence-corrected chi connectivity index (χ0v) is 17.6. The summed E-state index contributed by atoms with van der Waals surface area (Å²) in [7, 11) is 0. The molecule has 0 atom stereocenters. The second kappa shape index (κ2) is 7.35. The van der Waals surface area contributed by atoms with Crippen molar-refractivity contribution in [1.82, 2.24) is 5.43 Å². The van der Waals surface area contributed by atoms with Crippen molar-refractivity contribution in [2.24, 2.45) is 28.3 Å². The molecule has 0 heterocycles. The van der Waals surface area contributed by atoms with Gasteiger partial charge < -0.3 is 5.11 Å². The molecule has 30 heavy (non-hydrogen) atoms. The molecule has 6 rings (SSSR count). The van der Waals surface area contributed by atoms with Gasteiger partial charge in [0.2, 0.25) is 0 Å². The predicted molar refractivity (Wildman–Crippen MR) is 118 cm³/mol. The molecule has 0 radical (unpaired) electrons. The minimum absolute atomic E-state index is 0.139. The minimum atomic E-state index is -1.78. The average molecular weight is 403 g/mol. The summed E-state index contributed by atoms with van der Waals surface area (Å²) in [4.78, 5) is 13.3. The van der Waals surface area contributed by atoms with Gasteiger partial charge in [0, 0.05) is 11.1 Å². The van der Waals surface area contributed by atoms with Gasteiger partial charge in [-0.15, -0.1) is 0 Å². The second-order valence-corrected chi connectivity index (χ2v) is 9.78. The fraction of sp³-hybridized carbons (Fsp3) is 0.462. The highest BCUT2D eigenvalue weighted by Gasteiger charge is 2.52. The van der Waals surface area contributed by atoms with Gasteiger partial charge in [0.05, 0.1) is 0 Å². The molecule has 0 spiro atoms. The Hall–Kier alpha value is -2.46. The van der Waals surface area contributed by atoms with E-state index in [1.54, 1.807) is 24.3 Å². The van der Waals surface area contributed by atoms with Gasteiger partial charge in [-0.3, -0.25) is 4.79 Å². The van der Waals surface area contributed by atoms with Crippen LogP contribution in [0.3, 0.4) is 0 Å². The highest BCUT2D eigenvalue weighted by atomic mass is 16.3. The maximum absolute atomic E-state index is 13.3. The van der Waals surface area contributed by atoms with E-state index >= 15 is 0 Å². The predicted octanol–water partition coefficient (Wildman–Crippen LogP) is 4.63. The summed E-state index contributed by atoms with van der Waals surface area (Å²) in [6.45, 7) is 2.07. The molecule has 4 aliphatic carbocycles. The summed E-state index contributed by atoms with van der Waals surface area (Å²) in [5, 5.41) is 16.2. The largest absolute Gasteiger partial charge is 0.372 e. The van der Waals surface area contributed by atoms with Crippen LogP contribution in [0.25, 0.3) is 0 Å². The van der Waals surface area contributed by atoms with Crippen LogP contribution in [0.5, 0.6) is 0 Å². The van der Waals surface area contributed by atoms with Crippen molar-refractivity contribution < 1.29 is 9.90 Å². The highest BCUT2D eigenvalue weighted by molar-refractivity contribution is 5.93. The average Bonchev–Trinajstić information content (AvgIpc) is 2.77. The van der Waals surface area contributed by atoms with E-state index in [0.29, 0.717) is 11.1 Å². The van der Waals surface area contributed by atoms with Crippen molar-refractivity contribution in [3.8, 4) is 0 Å². The number of hydrazone groups is 1. The van der Waals surface area contributed by atoms with E-state index < -0.39 is 11.5 Å². The Labute approximate surface area is 178 Å². The van der Waals surface area contributed by atoms with Crippen molar-refractivity contribution in [3.05, 3.63) is 71.8 Å². The fourth-order valence-corrected chi connectivity index (χ4v) is 6.68. The molecule has 4 bridgehead atoms. The Balaban J connectivity index is 1.43. The minimum Gasteiger partial charge on any atom is -0.372 e. The van der Waals surface area contributed by atoms with Crippen molar-refractivity contribution >= 4 is 11.6 Å². The van der Waals surface area contributed by atoms with E-state index in [1.807, 2.05) is 36.4 Å². The molecular weight excluding hydrogens is 372 g/mol. The third-order valence-electron chi connectivity index (χ3n) is 7.84. The monoisotopic (exact) mass is 402 g/mol. The summed E-state index contributed by atoms with van der Waals surface area (Å²) >= 11 is 0. The van der Waals surface area contributed by atoms with Crippen molar-refractivity contribution in [3.63, 3.8) is 0 Å². The number of nitrogens with one attached hydrogen (secondary N) is 1. The number of amides is 1. The summed E-state index contributed by atoms with van der Waals surface area (Å²) in [6, 6.07) is 18.2. The maximum Gasteiger partial charge on any atom is 0.281 e. The lowest BCUT2D eigenvalue weighted by atomic mass is 9.48. The van der Waals surface area contributed by atoms with Crippen LogP contribution < -0.4 is 5.43 Å². The van der Waals surface area contributed by atoms with E-state index in [0.717, 1.165) is 23.5 Å². The van der Waals surface area contributed by atoms with E-state index in [9.17, 15) is 9.90 Å². The molecule has 4 fully saturated rings. The smallest absolute Gasteiger partial charge is 0.281 e. The summed E-state index contributed by atoms with van der Waals surface area (Å²) in [5.74, 6) is 1.96. The van der Waals surface area contributed by atoms with Gasteiger partial charge in [0.25, 0.3) is 5.91 Å². The van der Waals surface area contributed by atoms with Crippen LogP contribution in [0.15, 0.2) is 65.8 Å². The van der Waals surface area contributed by atoms with Crippen LogP contribution in [0.1, 0.15) is 56.6 Å². The molecule has 2 aromatic carbocycles. The summed E-state index contributed by atoms with van der Waals surface area (Å²) in [5.41, 5.74) is 3.20. The van der Waals surface area contributed by atoms with Crippen LogP contribution in [0.4, 0.5) is 0 Å². The highest BCUT2D eigenvalue weighted by Crippen LogP contribution is 2.60. The lowest BCUT2D eigenvalue weighted by Crippen LogP contribution is -2.50. The Morgan fingerprint density at radius 2 is 1.33 bits per heavy atom. The molecule has 1 amide bonds. The lowest BCUT2D eigenvalue weighted by Gasteiger charge is -2.56. The molecule has 0 aromatic heterocycles. The normalized spacial score (nSPS) is 30.3. The molecule has 2 N–H and O–H groups in total. The van der Waals surface area contributed by atoms with Crippen LogP contribution in [-0.4, -0.2) is 16.7 Å². The Morgan fingerprint density at radius 3 is 1.77 bits per heavy atom. The van der Waals surface area contributed by atoms with Crippen LogP contribution in [-0.2, 0) is 10.4 Å². The molecular formula is C26H30N2O2. The van der Waals surface area contributed by atoms with Crippen LogP contribution >= 0.6 is 0 Å². The van der Waals surface area contributed by atoms with E-state index in [4.69, 9.17) is 0 Å². The first kappa shape index (κ1) is 19.5. The van der Waals surface area contributed by atoms with Crippen molar-refractivity contribution in [1.29, 1.82) is 0 Å². The molecule has 4 aliphatic rings. The van der Waals surface area contributed by atoms with E-state index in [-0.39, 0.29) is 5.41 Å². The topological polar surface area (TPSA) is 61.7 Å². The third kappa shape index (κ3) is 3.18. The molecule has 4 nitrogen and oxygen atoms in total. The lowest BCUT2D eigenvalue weighted by molar-refractivity contribution is -0.136. The molecule has 0 saturated heterocycles. The van der Waals surface area contributed by atoms with Gasteiger partial charge in [0.15, 0.2) is 5.60 Å². The standard InChI is InChI=1S/C26H30N2O2/c1-18(25-15-19-12-20(16-25)14-21(13-19)17-25)27-28-24(29)26(30,22-8-4-2-5-9-22)23-10-6-3-7-11-23/h2-11,19-21,30H,12-17H2,1H3,(H,28,29)/b27-18+. The van der Waals surface area contributed by atoms with Crippen molar-refractivity contribution in [2.45, 2.75) is 51.0 Å². The number of aliphatic hydroxyl groups is 1. The molecule has 156 valence electrons. The van der Waals surface area contributed by atoms with Gasteiger partial charge in [-0.25, -0.2) is 5.43 Å². The van der Waals surface area contributed by atoms with Crippen molar-refractivity contribution in [2.75, 3.05) is 0 Å². The maximum atomic E-state index is 13.3. The first-order valence-corrected chi connectivity index (χ1v) is 11.2. The molecule has 0 aliphatic heterocycles. The molecule has 2 aromatic rings. The quantitative estimate of drug-likeness (QED) is 0.566. The number of hydrogen-bond donors (Lipinski definition) is 2. The van der Waals surface area contributed by atoms with Gasteiger partial charge >= 0.3 is 0 Å². The van der Waals surface area contributed by atoms with E-state index in [1.165, 1.54) is 38.5 Å². The van der Waals surface area contributed by atoms with Gasteiger partial charge in [-0.2, -0.15) is 5.10 Å². The zero-order valence-electron chi connectivity index (χ0n) is 17.6. The Morgan fingerprint density at radius 1 is 0.900 bits per heavy atom. The van der Waals surface area contributed by atoms with Gasteiger partial charge in [-0.05, 0) is 74.3 Å². The SMILES string of the molecule is C/C(=N\NC(=O)C(O)(c1ccccc1)c1ccccc1)C12CC3CC(CC(C3)C1)C2. The fourth-order valence-electron chi connectivity index (χ4n) is 6.68. The molecule has 4 saturated carbocycles. The molecule has 4 heteroatoms. The Kier molecular flexibility index (Phi) is 4.78. The van der Waals surface area contributed by atoms with Gasteiger partial charge in [0.1, 0.15) is 0 Å². The zero-order chi connectivity index (χ0) is 20.8.